The minimum atomic E-state index is 0.717. The first kappa shape index (κ1) is 12.2. The Bertz CT molecular complexity index is 549. The van der Waals surface area contributed by atoms with E-state index in [1.165, 1.54) is 17.0 Å². The van der Waals surface area contributed by atoms with Gasteiger partial charge < -0.3 is 5.32 Å². The number of aromatic nitrogens is 3. The van der Waals surface area contributed by atoms with Crippen LogP contribution in [0.3, 0.4) is 0 Å². The van der Waals surface area contributed by atoms with Gasteiger partial charge in [0.25, 0.3) is 0 Å². The summed E-state index contributed by atoms with van der Waals surface area (Å²) in [5, 5.41) is 3.39. The van der Waals surface area contributed by atoms with Crippen LogP contribution in [0.2, 0.25) is 0 Å². The predicted molar refractivity (Wildman–Crippen MR) is 73.9 cm³/mol. The smallest absolute Gasteiger partial charge is 0.134 e. The molecule has 1 N–H and O–H groups in total. The van der Waals surface area contributed by atoms with E-state index in [1.54, 1.807) is 0 Å². The van der Waals surface area contributed by atoms with E-state index in [2.05, 4.69) is 17.2 Å². The molecule has 0 amide bonds. The van der Waals surface area contributed by atoms with Gasteiger partial charge in [-0.1, -0.05) is 13.0 Å². The van der Waals surface area contributed by atoms with Gasteiger partial charge in [0.15, 0.2) is 0 Å². The number of hydrogen-bond donors (Lipinski definition) is 1. The molecule has 19 heavy (non-hydrogen) atoms. The van der Waals surface area contributed by atoms with Gasteiger partial charge in [0.2, 0.25) is 0 Å². The molecule has 4 nitrogen and oxygen atoms in total. The molecule has 0 radical (unpaired) electrons. The highest BCUT2D eigenvalue weighted by molar-refractivity contribution is 5.29. The third-order valence-electron chi connectivity index (χ3n) is 3.47. The van der Waals surface area contributed by atoms with Crippen LogP contribution in [-0.2, 0) is 25.8 Å². The molecular formula is C15H18N4. The maximum Gasteiger partial charge on any atom is 0.134 e. The Kier molecular flexibility index (Phi) is 3.51. The van der Waals surface area contributed by atoms with Crippen molar-refractivity contribution in [1.29, 1.82) is 0 Å². The van der Waals surface area contributed by atoms with Crippen molar-refractivity contribution in [3.8, 4) is 0 Å². The van der Waals surface area contributed by atoms with Crippen LogP contribution in [0.5, 0.6) is 0 Å². The lowest BCUT2D eigenvalue weighted by Gasteiger charge is -2.19. The molecule has 3 rings (SSSR count). The van der Waals surface area contributed by atoms with Crippen LogP contribution < -0.4 is 5.32 Å². The molecule has 3 heterocycles. The zero-order valence-electron chi connectivity index (χ0n) is 11.2. The van der Waals surface area contributed by atoms with Crippen LogP contribution in [0, 0.1) is 0 Å². The summed E-state index contributed by atoms with van der Waals surface area (Å²) in [6.07, 6.45) is 4.49. The Morgan fingerprint density at radius 2 is 2.21 bits per heavy atom. The monoisotopic (exact) mass is 254 g/mol. The van der Waals surface area contributed by atoms with Crippen LogP contribution in [-0.4, -0.2) is 21.5 Å². The summed E-state index contributed by atoms with van der Waals surface area (Å²) >= 11 is 0. The van der Waals surface area contributed by atoms with Crippen LogP contribution in [0.25, 0.3) is 0 Å². The average molecular weight is 254 g/mol. The summed E-state index contributed by atoms with van der Waals surface area (Å²) in [7, 11) is 0. The second-order valence-electron chi connectivity index (χ2n) is 4.79. The van der Waals surface area contributed by atoms with Gasteiger partial charge in [-0.25, -0.2) is 9.97 Å². The van der Waals surface area contributed by atoms with Gasteiger partial charge >= 0.3 is 0 Å². The molecule has 0 bridgehead atoms. The van der Waals surface area contributed by atoms with E-state index in [0.717, 1.165) is 37.4 Å². The van der Waals surface area contributed by atoms with Gasteiger partial charge in [-0.15, -0.1) is 0 Å². The molecule has 4 heteroatoms. The number of nitrogens with one attached hydrogen (secondary N) is 1. The number of pyridine rings is 1. The van der Waals surface area contributed by atoms with Crippen molar-refractivity contribution >= 4 is 0 Å². The fraction of sp³-hybridized carbons (Fsp3) is 0.400. The van der Waals surface area contributed by atoms with Crippen molar-refractivity contribution in [2.75, 3.05) is 6.54 Å². The quantitative estimate of drug-likeness (QED) is 0.905. The van der Waals surface area contributed by atoms with Gasteiger partial charge in [-0.2, -0.15) is 0 Å². The van der Waals surface area contributed by atoms with Crippen molar-refractivity contribution in [1.82, 2.24) is 20.3 Å². The number of rotatable bonds is 3. The predicted octanol–water partition coefficient (Wildman–Crippen LogP) is 1.67. The molecule has 0 saturated heterocycles. The highest BCUT2D eigenvalue weighted by Gasteiger charge is 2.16. The topological polar surface area (TPSA) is 50.7 Å². The third-order valence-corrected chi connectivity index (χ3v) is 3.47. The largest absolute Gasteiger partial charge is 0.312 e. The number of aryl methyl sites for hydroxylation is 1. The zero-order valence-corrected chi connectivity index (χ0v) is 11.2. The molecule has 1 aliphatic heterocycles. The lowest BCUT2D eigenvalue weighted by molar-refractivity contribution is 0.611. The Morgan fingerprint density at radius 1 is 1.26 bits per heavy atom. The first-order valence-electron chi connectivity index (χ1n) is 6.85. The molecule has 2 aromatic rings. The summed E-state index contributed by atoms with van der Waals surface area (Å²) in [5.74, 6) is 0.899. The van der Waals surface area contributed by atoms with Gasteiger partial charge in [-0.3, -0.25) is 4.98 Å². The number of hydrogen-bond acceptors (Lipinski definition) is 4. The Hall–Kier alpha value is -1.81. The molecule has 0 fully saturated rings. The van der Waals surface area contributed by atoms with Gasteiger partial charge in [0.05, 0.1) is 12.1 Å². The lowest BCUT2D eigenvalue weighted by atomic mass is 10.0. The van der Waals surface area contributed by atoms with E-state index >= 15 is 0 Å². The summed E-state index contributed by atoms with van der Waals surface area (Å²) in [6.45, 7) is 4.07. The van der Waals surface area contributed by atoms with Gasteiger partial charge in [0, 0.05) is 42.7 Å². The molecule has 0 aliphatic carbocycles. The molecule has 0 atom stereocenters. The minimum absolute atomic E-state index is 0.717. The second-order valence-corrected chi connectivity index (χ2v) is 4.79. The van der Waals surface area contributed by atoms with Crippen LogP contribution in [0.4, 0.5) is 0 Å². The maximum absolute atomic E-state index is 4.73. The standard InChI is InChI=1S/C15H18N4/c1-2-13-12-10-16-8-6-14(12)19-15(18-13)9-11-5-3-4-7-17-11/h3-5,7,16H,2,6,8-10H2,1H3. The van der Waals surface area contributed by atoms with E-state index in [1.807, 2.05) is 24.4 Å². The van der Waals surface area contributed by atoms with Gasteiger partial charge in [0.1, 0.15) is 5.82 Å². The summed E-state index contributed by atoms with van der Waals surface area (Å²) in [5.41, 5.74) is 4.73. The highest BCUT2D eigenvalue weighted by Crippen LogP contribution is 2.17. The molecule has 0 spiro atoms. The van der Waals surface area contributed by atoms with E-state index in [-0.39, 0.29) is 0 Å². The first-order valence-corrected chi connectivity index (χ1v) is 6.85. The van der Waals surface area contributed by atoms with Crippen LogP contribution >= 0.6 is 0 Å². The van der Waals surface area contributed by atoms with Crippen molar-refractivity contribution in [3.05, 3.63) is 52.9 Å². The van der Waals surface area contributed by atoms with E-state index in [0.29, 0.717) is 6.42 Å². The summed E-state index contributed by atoms with van der Waals surface area (Å²) in [4.78, 5) is 13.8. The Labute approximate surface area is 113 Å². The van der Waals surface area contributed by atoms with Crippen LogP contribution in [0.15, 0.2) is 24.4 Å². The highest BCUT2D eigenvalue weighted by atomic mass is 15.0. The molecule has 1 aliphatic rings. The molecule has 0 saturated carbocycles. The lowest BCUT2D eigenvalue weighted by Crippen LogP contribution is -2.27. The molecule has 98 valence electrons. The van der Waals surface area contributed by atoms with Crippen LogP contribution in [0.1, 0.15) is 35.4 Å². The number of fused-ring (bicyclic) bond motifs is 1. The zero-order chi connectivity index (χ0) is 13.1. The molecule has 0 aromatic carbocycles. The Morgan fingerprint density at radius 3 is 3.00 bits per heavy atom. The average Bonchev–Trinajstić information content (AvgIpc) is 2.47. The van der Waals surface area contributed by atoms with Crippen molar-refractivity contribution < 1.29 is 0 Å². The van der Waals surface area contributed by atoms with Gasteiger partial charge in [-0.05, 0) is 18.6 Å². The van der Waals surface area contributed by atoms with Crippen molar-refractivity contribution in [2.45, 2.75) is 32.7 Å². The Balaban J connectivity index is 1.94. The van der Waals surface area contributed by atoms with Crippen molar-refractivity contribution in [3.63, 3.8) is 0 Å². The summed E-state index contributed by atoms with van der Waals surface area (Å²) in [6, 6.07) is 5.96. The fourth-order valence-electron chi connectivity index (χ4n) is 2.51. The SMILES string of the molecule is CCc1nc(Cc2ccccn2)nc2c1CNCC2. The van der Waals surface area contributed by atoms with E-state index in [9.17, 15) is 0 Å². The first-order chi connectivity index (χ1) is 9.36. The molecular weight excluding hydrogens is 236 g/mol. The maximum atomic E-state index is 4.73. The third kappa shape index (κ3) is 2.63. The fourth-order valence-corrected chi connectivity index (χ4v) is 2.51. The molecule has 2 aromatic heterocycles. The van der Waals surface area contributed by atoms with E-state index in [4.69, 9.17) is 9.97 Å². The molecule has 0 unspecified atom stereocenters. The second kappa shape index (κ2) is 5.45. The normalized spacial score (nSPS) is 14.2. The minimum Gasteiger partial charge on any atom is -0.312 e. The van der Waals surface area contributed by atoms with Crippen molar-refractivity contribution in [2.24, 2.45) is 0 Å². The number of nitrogens with zero attached hydrogens (tertiary/aromatic N) is 3. The summed E-state index contributed by atoms with van der Waals surface area (Å²) < 4.78 is 0. The van der Waals surface area contributed by atoms with E-state index < -0.39 is 0 Å².